The van der Waals surface area contributed by atoms with Gasteiger partial charge in [0.2, 0.25) is 5.91 Å². The number of amides is 2. The monoisotopic (exact) mass is 470 g/mol. The third-order valence-corrected chi connectivity index (χ3v) is 5.59. The highest BCUT2D eigenvalue weighted by molar-refractivity contribution is 6.37. The molecule has 3 aromatic carbocycles. The Hall–Kier alpha value is -4.59. The number of ether oxygens (including phenoxy) is 1. The lowest BCUT2D eigenvalue weighted by molar-refractivity contribution is -0.126. The van der Waals surface area contributed by atoms with Gasteiger partial charge in [0.15, 0.2) is 0 Å². The highest BCUT2D eigenvalue weighted by atomic mass is 16.5. The van der Waals surface area contributed by atoms with Gasteiger partial charge >= 0.3 is 5.97 Å². The van der Waals surface area contributed by atoms with Crippen molar-refractivity contribution < 1.29 is 19.1 Å². The smallest absolute Gasteiger partial charge is 0.337 e. The number of benzene rings is 3. The van der Waals surface area contributed by atoms with E-state index in [-0.39, 0.29) is 18.4 Å². The quantitative estimate of drug-likeness (QED) is 0.358. The number of esters is 1. The Morgan fingerprint density at radius 3 is 2.26 bits per heavy atom. The van der Waals surface area contributed by atoms with Crippen LogP contribution in [0.2, 0.25) is 0 Å². The van der Waals surface area contributed by atoms with E-state index in [4.69, 9.17) is 4.74 Å². The summed E-state index contributed by atoms with van der Waals surface area (Å²) in [5, 5.41) is 9.35. The van der Waals surface area contributed by atoms with Gasteiger partial charge in [0.25, 0.3) is 5.91 Å². The molecule has 8 heteroatoms. The zero-order valence-electron chi connectivity index (χ0n) is 19.7. The largest absolute Gasteiger partial charge is 0.465 e. The van der Waals surface area contributed by atoms with Crippen LogP contribution in [0.1, 0.15) is 21.5 Å². The second kappa shape index (κ2) is 10.1. The lowest BCUT2D eigenvalue weighted by atomic mass is 9.99. The van der Waals surface area contributed by atoms with Crippen molar-refractivity contribution in [2.45, 2.75) is 0 Å². The van der Waals surface area contributed by atoms with Gasteiger partial charge in [-0.3, -0.25) is 9.59 Å². The number of rotatable bonds is 7. The van der Waals surface area contributed by atoms with Crippen molar-refractivity contribution in [1.29, 1.82) is 0 Å². The Labute approximate surface area is 203 Å². The zero-order valence-corrected chi connectivity index (χ0v) is 19.7. The topological polar surface area (TPSA) is 99.8 Å². The van der Waals surface area contributed by atoms with Gasteiger partial charge in [-0.2, -0.15) is 0 Å². The van der Waals surface area contributed by atoms with Crippen molar-refractivity contribution in [3.8, 4) is 0 Å². The molecule has 0 aliphatic carbocycles. The molecule has 178 valence electrons. The standard InChI is InChI=1S/C27H26N4O4/c1-31(2)23(32)16-28-19-10-12-20(13-11-19)29-25(17-7-5-4-6-8-17)24-21-14-9-18(27(34)35-3)15-22(21)30-26(24)33/h4-15,28-29H,16H2,1-3H3,(H,30,33)/b25-24-. The third-order valence-electron chi connectivity index (χ3n) is 5.59. The van der Waals surface area contributed by atoms with Crippen LogP contribution in [-0.2, 0) is 14.3 Å². The van der Waals surface area contributed by atoms with Crippen LogP contribution >= 0.6 is 0 Å². The van der Waals surface area contributed by atoms with Crippen molar-refractivity contribution in [2.75, 3.05) is 43.7 Å². The SMILES string of the molecule is COC(=O)c1ccc2c(c1)NC(=O)/C2=C(\Nc1ccc(NCC(=O)N(C)C)cc1)c1ccccc1. The first-order valence-electron chi connectivity index (χ1n) is 11.0. The number of nitrogens with one attached hydrogen (secondary N) is 3. The molecule has 1 aliphatic rings. The highest BCUT2D eigenvalue weighted by Crippen LogP contribution is 2.38. The molecular formula is C27H26N4O4. The molecule has 1 heterocycles. The van der Waals surface area contributed by atoms with Crippen molar-refractivity contribution in [2.24, 2.45) is 0 Å². The summed E-state index contributed by atoms with van der Waals surface area (Å²) in [6.07, 6.45) is 0. The normalized spacial score (nSPS) is 13.4. The average Bonchev–Trinajstić information content (AvgIpc) is 3.21. The van der Waals surface area contributed by atoms with Gasteiger partial charge in [-0.05, 0) is 42.0 Å². The molecule has 35 heavy (non-hydrogen) atoms. The van der Waals surface area contributed by atoms with Crippen molar-refractivity contribution in [3.05, 3.63) is 89.5 Å². The summed E-state index contributed by atoms with van der Waals surface area (Å²) in [7, 11) is 4.74. The van der Waals surface area contributed by atoms with E-state index in [2.05, 4.69) is 16.0 Å². The molecule has 0 saturated carbocycles. The minimum atomic E-state index is -0.470. The van der Waals surface area contributed by atoms with E-state index in [9.17, 15) is 14.4 Å². The maximum atomic E-state index is 13.1. The number of anilines is 3. The molecule has 1 aliphatic heterocycles. The highest BCUT2D eigenvalue weighted by Gasteiger charge is 2.29. The molecular weight excluding hydrogens is 444 g/mol. The van der Waals surface area contributed by atoms with Crippen LogP contribution in [0.15, 0.2) is 72.8 Å². The lowest BCUT2D eigenvalue weighted by Crippen LogP contribution is -2.28. The van der Waals surface area contributed by atoms with Gasteiger partial charge in [-0.25, -0.2) is 4.79 Å². The summed E-state index contributed by atoms with van der Waals surface area (Å²) in [4.78, 5) is 38.4. The van der Waals surface area contributed by atoms with E-state index in [0.717, 1.165) is 16.9 Å². The van der Waals surface area contributed by atoms with Gasteiger partial charge in [-0.1, -0.05) is 36.4 Å². The molecule has 0 saturated heterocycles. The van der Waals surface area contributed by atoms with Crippen molar-refractivity contribution in [1.82, 2.24) is 4.90 Å². The molecule has 0 fully saturated rings. The third kappa shape index (κ3) is 5.16. The second-order valence-electron chi connectivity index (χ2n) is 8.17. The summed E-state index contributed by atoms with van der Waals surface area (Å²) in [6.45, 7) is 0.198. The number of carbonyl (C=O) groups is 3. The molecule has 2 amide bonds. The van der Waals surface area contributed by atoms with Gasteiger partial charge in [0.05, 0.1) is 36.2 Å². The maximum Gasteiger partial charge on any atom is 0.337 e. The Kier molecular flexibility index (Phi) is 6.82. The molecule has 3 aromatic rings. The Bertz CT molecular complexity index is 1300. The van der Waals surface area contributed by atoms with Gasteiger partial charge < -0.3 is 25.6 Å². The summed E-state index contributed by atoms with van der Waals surface area (Å²) in [6, 6.07) is 22.0. The first-order valence-corrected chi connectivity index (χ1v) is 11.0. The summed E-state index contributed by atoms with van der Waals surface area (Å²) in [5.74, 6) is -0.764. The van der Waals surface area contributed by atoms with E-state index < -0.39 is 5.97 Å². The summed E-state index contributed by atoms with van der Waals surface area (Å²) in [5.41, 5.74) is 5.12. The van der Waals surface area contributed by atoms with E-state index in [1.54, 1.807) is 32.3 Å². The number of likely N-dealkylation sites (N-methyl/N-ethyl adjacent to an activating group) is 1. The Morgan fingerprint density at radius 2 is 1.60 bits per heavy atom. The molecule has 0 aromatic heterocycles. The number of nitrogens with zero attached hydrogens (tertiary/aromatic N) is 1. The molecule has 3 N–H and O–H groups in total. The van der Waals surface area contributed by atoms with E-state index in [1.807, 2.05) is 54.6 Å². The molecule has 8 nitrogen and oxygen atoms in total. The average molecular weight is 471 g/mol. The number of fused-ring (bicyclic) bond motifs is 1. The summed E-state index contributed by atoms with van der Waals surface area (Å²) >= 11 is 0. The molecule has 0 bridgehead atoms. The number of hydrogen-bond donors (Lipinski definition) is 3. The number of methoxy groups -OCH3 is 1. The fourth-order valence-corrected chi connectivity index (χ4v) is 3.70. The minimum absolute atomic E-state index is 0.0235. The zero-order chi connectivity index (χ0) is 24.9. The molecule has 0 unspecified atom stereocenters. The lowest BCUT2D eigenvalue weighted by Gasteiger charge is -2.16. The first kappa shape index (κ1) is 23.6. The number of hydrogen-bond acceptors (Lipinski definition) is 6. The van der Waals surface area contributed by atoms with Crippen LogP contribution in [0.5, 0.6) is 0 Å². The van der Waals surface area contributed by atoms with Crippen molar-refractivity contribution >= 4 is 46.1 Å². The Morgan fingerprint density at radius 1 is 0.914 bits per heavy atom. The van der Waals surface area contributed by atoms with Gasteiger partial charge in [0, 0.05) is 31.0 Å². The van der Waals surface area contributed by atoms with Crippen LogP contribution in [0, 0.1) is 0 Å². The maximum absolute atomic E-state index is 13.1. The van der Waals surface area contributed by atoms with E-state index >= 15 is 0 Å². The Balaban J connectivity index is 1.68. The number of carbonyl (C=O) groups excluding carboxylic acids is 3. The van der Waals surface area contributed by atoms with Crippen molar-refractivity contribution in [3.63, 3.8) is 0 Å². The fraction of sp³-hybridized carbons (Fsp3) is 0.148. The molecule has 0 radical (unpaired) electrons. The van der Waals surface area contributed by atoms with Crippen LogP contribution in [0.25, 0.3) is 11.3 Å². The minimum Gasteiger partial charge on any atom is -0.465 e. The molecule has 0 atom stereocenters. The van der Waals surface area contributed by atoms with E-state index in [0.29, 0.717) is 28.1 Å². The van der Waals surface area contributed by atoms with Crippen LogP contribution in [0.4, 0.5) is 17.1 Å². The van der Waals surface area contributed by atoms with Gasteiger partial charge in [-0.15, -0.1) is 0 Å². The first-order chi connectivity index (χ1) is 16.9. The van der Waals surface area contributed by atoms with Crippen LogP contribution in [-0.4, -0.2) is 50.4 Å². The van der Waals surface area contributed by atoms with Crippen LogP contribution < -0.4 is 16.0 Å². The fourth-order valence-electron chi connectivity index (χ4n) is 3.70. The van der Waals surface area contributed by atoms with E-state index in [1.165, 1.54) is 12.0 Å². The second-order valence-corrected chi connectivity index (χ2v) is 8.17. The molecule has 0 spiro atoms. The predicted octanol–water partition coefficient (Wildman–Crippen LogP) is 3.91. The van der Waals surface area contributed by atoms with Crippen LogP contribution in [0.3, 0.4) is 0 Å². The van der Waals surface area contributed by atoms with Gasteiger partial charge in [0.1, 0.15) is 0 Å². The predicted molar refractivity (Wildman–Crippen MR) is 137 cm³/mol. The summed E-state index contributed by atoms with van der Waals surface area (Å²) < 4.78 is 4.79. The molecule has 4 rings (SSSR count).